The van der Waals surface area contributed by atoms with Gasteiger partial charge in [0.25, 0.3) is 0 Å². The van der Waals surface area contributed by atoms with Gasteiger partial charge in [-0.05, 0) is 26.7 Å². The Balaban J connectivity index is 1.93. The van der Waals surface area contributed by atoms with Gasteiger partial charge in [-0.25, -0.2) is 4.79 Å². The van der Waals surface area contributed by atoms with Crippen LogP contribution in [0.25, 0.3) is 0 Å². The maximum atomic E-state index is 12.1. The van der Waals surface area contributed by atoms with Crippen molar-refractivity contribution < 1.29 is 9.21 Å². The fourth-order valence-electron chi connectivity index (χ4n) is 2.15. The van der Waals surface area contributed by atoms with Crippen molar-refractivity contribution in [3.63, 3.8) is 0 Å². The maximum Gasteiger partial charge on any atom is 0.325 e. The molecule has 0 spiro atoms. The highest BCUT2D eigenvalue weighted by molar-refractivity contribution is 5.87. The van der Waals surface area contributed by atoms with Gasteiger partial charge >= 0.3 is 12.0 Å². The number of oxazole rings is 1. The summed E-state index contributed by atoms with van der Waals surface area (Å²) in [7, 11) is 0. The van der Waals surface area contributed by atoms with Gasteiger partial charge in [-0.2, -0.15) is 4.98 Å². The Bertz CT molecular complexity index is 387. The lowest BCUT2D eigenvalue weighted by molar-refractivity contribution is 0.205. The SMILES string of the molecule is Cc1nc(NC(=O)N2CCCCCCC2)oc1C. The number of aryl methyl sites for hydroxylation is 2. The molecule has 0 bridgehead atoms. The van der Waals surface area contributed by atoms with Crippen LogP contribution in [0.5, 0.6) is 0 Å². The van der Waals surface area contributed by atoms with Gasteiger partial charge in [0.2, 0.25) is 0 Å². The van der Waals surface area contributed by atoms with E-state index in [0.29, 0.717) is 6.01 Å². The van der Waals surface area contributed by atoms with E-state index in [0.717, 1.165) is 37.4 Å². The Morgan fingerprint density at radius 2 is 1.78 bits per heavy atom. The first-order chi connectivity index (χ1) is 8.66. The molecule has 0 aliphatic carbocycles. The first kappa shape index (κ1) is 12.9. The second kappa shape index (κ2) is 5.89. The molecule has 1 aromatic heterocycles. The van der Waals surface area contributed by atoms with Gasteiger partial charge in [0.15, 0.2) is 0 Å². The van der Waals surface area contributed by atoms with E-state index in [1.165, 1.54) is 19.3 Å². The Hall–Kier alpha value is -1.52. The van der Waals surface area contributed by atoms with Gasteiger partial charge in [0.1, 0.15) is 5.76 Å². The summed E-state index contributed by atoms with van der Waals surface area (Å²) in [4.78, 5) is 18.1. The number of nitrogens with one attached hydrogen (secondary N) is 1. The molecule has 5 heteroatoms. The molecule has 1 aliphatic rings. The zero-order valence-corrected chi connectivity index (χ0v) is 11.2. The molecule has 18 heavy (non-hydrogen) atoms. The monoisotopic (exact) mass is 251 g/mol. The van der Waals surface area contributed by atoms with Crippen molar-refractivity contribution in [1.29, 1.82) is 0 Å². The summed E-state index contributed by atoms with van der Waals surface area (Å²) in [5.74, 6) is 0.748. The van der Waals surface area contributed by atoms with Gasteiger partial charge in [0.05, 0.1) is 5.69 Å². The minimum Gasteiger partial charge on any atom is -0.428 e. The summed E-state index contributed by atoms with van der Waals surface area (Å²) >= 11 is 0. The van der Waals surface area contributed by atoms with Gasteiger partial charge in [0, 0.05) is 13.1 Å². The van der Waals surface area contributed by atoms with Crippen molar-refractivity contribution in [2.45, 2.75) is 46.0 Å². The minimum atomic E-state index is -0.0989. The van der Waals surface area contributed by atoms with Crippen LogP contribution in [-0.2, 0) is 0 Å². The van der Waals surface area contributed by atoms with Crippen LogP contribution < -0.4 is 5.32 Å². The van der Waals surface area contributed by atoms with Crippen LogP contribution in [0, 0.1) is 13.8 Å². The predicted octanol–water partition coefficient (Wildman–Crippen LogP) is 3.09. The van der Waals surface area contributed by atoms with E-state index in [-0.39, 0.29) is 6.03 Å². The molecule has 0 radical (unpaired) electrons. The highest BCUT2D eigenvalue weighted by Gasteiger charge is 2.17. The fraction of sp³-hybridized carbons (Fsp3) is 0.692. The lowest BCUT2D eigenvalue weighted by Gasteiger charge is -2.24. The standard InChI is InChI=1S/C13H21N3O2/c1-10-11(2)18-12(14-10)15-13(17)16-8-6-4-3-5-7-9-16/h3-9H2,1-2H3,(H,14,15,17). The van der Waals surface area contributed by atoms with E-state index < -0.39 is 0 Å². The topological polar surface area (TPSA) is 58.4 Å². The van der Waals surface area contributed by atoms with Crippen molar-refractivity contribution in [3.8, 4) is 0 Å². The number of hydrogen-bond acceptors (Lipinski definition) is 3. The van der Waals surface area contributed by atoms with E-state index in [2.05, 4.69) is 10.3 Å². The van der Waals surface area contributed by atoms with Crippen molar-refractivity contribution >= 4 is 12.0 Å². The first-order valence-corrected chi connectivity index (χ1v) is 6.67. The van der Waals surface area contributed by atoms with E-state index >= 15 is 0 Å². The molecule has 0 saturated carbocycles. The first-order valence-electron chi connectivity index (χ1n) is 6.67. The Kier molecular flexibility index (Phi) is 4.23. The number of carbonyl (C=O) groups excluding carboxylic acids is 1. The summed E-state index contributed by atoms with van der Waals surface area (Å²) < 4.78 is 5.36. The molecule has 1 aliphatic heterocycles. The number of anilines is 1. The summed E-state index contributed by atoms with van der Waals surface area (Å²) in [6.45, 7) is 5.35. The molecule has 1 N–H and O–H groups in total. The molecule has 2 heterocycles. The smallest absolute Gasteiger partial charge is 0.325 e. The lowest BCUT2D eigenvalue weighted by atomic mass is 10.1. The summed E-state index contributed by atoms with van der Waals surface area (Å²) in [6, 6.07) is 0.204. The lowest BCUT2D eigenvalue weighted by Crippen LogP contribution is -2.37. The van der Waals surface area contributed by atoms with Crippen LogP contribution in [0.15, 0.2) is 4.42 Å². The zero-order valence-electron chi connectivity index (χ0n) is 11.2. The Morgan fingerprint density at radius 1 is 1.17 bits per heavy atom. The fourth-order valence-corrected chi connectivity index (χ4v) is 2.15. The van der Waals surface area contributed by atoms with Crippen molar-refractivity contribution in [2.24, 2.45) is 0 Å². The molecular weight excluding hydrogens is 230 g/mol. The molecule has 2 rings (SSSR count). The maximum absolute atomic E-state index is 12.1. The van der Waals surface area contributed by atoms with E-state index in [1.807, 2.05) is 18.7 Å². The van der Waals surface area contributed by atoms with E-state index in [1.54, 1.807) is 0 Å². The zero-order chi connectivity index (χ0) is 13.0. The van der Waals surface area contributed by atoms with Crippen LogP contribution >= 0.6 is 0 Å². The number of amides is 2. The number of rotatable bonds is 1. The third-order valence-electron chi connectivity index (χ3n) is 3.39. The normalized spacial score (nSPS) is 17.1. The molecule has 1 fully saturated rings. The average molecular weight is 251 g/mol. The number of likely N-dealkylation sites (tertiary alicyclic amines) is 1. The van der Waals surface area contributed by atoms with Crippen molar-refractivity contribution in [3.05, 3.63) is 11.5 Å². The molecule has 1 saturated heterocycles. The largest absolute Gasteiger partial charge is 0.428 e. The third kappa shape index (κ3) is 3.24. The second-order valence-electron chi connectivity index (χ2n) is 4.85. The Morgan fingerprint density at radius 3 is 2.33 bits per heavy atom. The van der Waals surface area contributed by atoms with E-state index in [4.69, 9.17) is 4.42 Å². The quantitative estimate of drug-likeness (QED) is 0.834. The van der Waals surface area contributed by atoms with Gasteiger partial charge in [-0.1, -0.05) is 19.3 Å². The molecular formula is C13H21N3O2. The Labute approximate surface area is 108 Å². The molecule has 0 aromatic carbocycles. The van der Waals surface area contributed by atoms with Crippen LogP contribution in [0.1, 0.15) is 43.6 Å². The molecule has 100 valence electrons. The number of carbonyl (C=O) groups is 1. The number of hydrogen-bond donors (Lipinski definition) is 1. The van der Waals surface area contributed by atoms with Crippen molar-refractivity contribution in [2.75, 3.05) is 18.4 Å². The van der Waals surface area contributed by atoms with Gasteiger partial charge in [-0.15, -0.1) is 0 Å². The summed E-state index contributed by atoms with van der Waals surface area (Å²) in [5, 5.41) is 2.73. The number of aromatic nitrogens is 1. The average Bonchev–Trinajstić information content (AvgIpc) is 2.56. The molecule has 2 amide bonds. The molecule has 0 unspecified atom stereocenters. The molecule has 1 aromatic rings. The van der Waals surface area contributed by atoms with Gasteiger partial charge in [-0.3, -0.25) is 5.32 Å². The van der Waals surface area contributed by atoms with Crippen LogP contribution in [0.2, 0.25) is 0 Å². The minimum absolute atomic E-state index is 0.0989. The highest BCUT2D eigenvalue weighted by Crippen LogP contribution is 2.15. The van der Waals surface area contributed by atoms with Crippen LogP contribution in [-0.4, -0.2) is 29.0 Å². The number of urea groups is 1. The highest BCUT2D eigenvalue weighted by atomic mass is 16.4. The van der Waals surface area contributed by atoms with Gasteiger partial charge < -0.3 is 9.32 Å². The molecule has 0 atom stereocenters. The van der Waals surface area contributed by atoms with Crippen molar-refractivity contribution in [1.82, 2.24) is 9.88 Å². The van der Waals surface area contributed by atoms with E-state index in [9.17, 15) is 4.79 Å². The predicted molar refractivity (Wildman–Crippen MR) is 69.7 cm³/mol. The molecule has 5 nitrogen and oxygen atoms in total. The second-order valence-corrected chi connectivity index (χ2v) is 4.85. The van der Waals surface area contributed by atoms with Crippen LogP contribution in [0.4, 0.5) is 10.8 Å². The summed E-state index contributed by atoms with van der Waals surface area (Å²) in [5.41, 5.74) is 0.818. The third-order valence-corrected chi connectivity index (χ3v) is 3.39. The summed E-state index contributed by atoms with van der Waals surface area (Å²) in [6.07, 6.45) is 5.86. The number of nitrogens with zero attached hydrogens (tertiary/aromatic N) is 2. The van der Waals surface area contributed by atoms with Crippen LogP contribution in [0.3, 0.4) is 0 Å².